The Morgan fingerprint density at radius 2 is 1.70 bits per heavy atom. The molecular weight excluding hydrogens is 444 g/mol. The number of methoxy groups -OCH3 is 1. The van der Waals surface area contributed by atoms with E-state index in [0.29, 0.717) is 23.5 Å². The highest BCUT2D eigenvalue weighted by atomic mass is 32.2. The number of fused-ring (bicyclic) bond motifs is 1. The second-order valence-corrected chi connectivity index (χ2v) is 10.4. The van der Waals surface area contributed by atoms with E-state index in [4.69, 9.17) is 15.2 Å². The quantitative estimate of drug-likeness (QED) is 0.510. The molecule has 1 aliphatic heterocycles. The second kappa shape index (κ2) is 9.52. The molecule has 1 aliphatic carbocycles. The Hall–Kier alpha value is -2.91. The number of hydrogen-bond donors (Lipinski definition) is 1. The van der Waals surface area contributed by atoms with Crippen LogP contribution in [0.15, 0.2) is 41.3 Å². The van der Waals surface area contributed by atoms with Crippen LogP contribution in [0.2, 0.25) is 0 Å². The molecule has 2 aromatic rings. The summed E-state index contributed by atoms with van der Waals surface area (Å²) >= 11 is 0. The fraction of sp³-hybridized carbons (Fsp3) is 0.417. The summed E-state index contributed by atoms with van der Waals surface area (Å²) in [6, 6.07) is 9.86. The fourth-order valence-corrected chi connectivity index (χ4v) is 5.98. The number of primary amides is 1. The van der Waals surface area contributed by atoms with E-state index >= 15 is 0 Å². The van der Waals surface area contributed by atoms with Crippen molar-refractivity contribution < 1.29 is 27.5 Å². The number of rotatable bonds is 6. The van der Waals surface area contributed by atoms with Crippen molar-refractivity contribution in [3.8, 4) is 11.5 Å². The van der Waals surface area contributed by atoms with Gasteiger partial charge in [-0.1, -0.05) is 6.07 Å². The Balaban J connectivity index is 1.43. The van der Waals surface area contributed by atoms with Gasteiger partial charge in [0.2, 0.25) is 10.0 Å². The number of piperidine rings is 1. The van der Waals surface area contributed by atoms with Crippen molar-refractivity contribution in [1.29, 1.82) is 0 Å². The molecule has 0 atom stereocenters. The van der Waals surface area contributed by atoms with E-state index < -0.39 is 27.8 Å². The maximum Gasteiger partial charge on any atom is 0.314 e. The van der Waals surface area contributed by atoms with E-state index in [2.05, 4.69) is 0 Å². The van der Waals surface area contributed by atoms with Gasteiger partial charge in [-0.15, -0.1) is 0 Å². The van der Waals surface area contributed by atoms with Crippen molar-refractivity contribution in [1.82, 2.24) is 4.31 Å². The first kappa shape index (κ1) is 23.3. The van der Waals surface area contributed by atoms with Gasteiger partial charge in [0.25, 0.3) is 5.91 Å². The minimum atomic E-state index is -3.63. The number of ether oxygens (including phenoxy) is 2. The number of carbonyl (C=O) groups excluding carboxylic acids is 2. The van der Waals surface area contributed by atoms with Gasteiger partial charge >= 0.3 is 5.97 Å². The maximum atomic E-state index is 13.2. The number of benzene rings is 2. The number of esters is 1. The molecular formula is C24H28N2O6S. The molecule has 0 bridgehead atoms. The highest BCUT2D eigenvalue weighted by Gasteiger charge is 2.33. The summed E-state index contributed by atoms with van der Waals surface area (Å²) in [7, 11) is -2.17. The van der Waals surface area contributed by atoms with Gasteiger partial charge in [-0.3, -0.25) is 9.59 Å². The zero-order valence-corrected chi connectivity index (χ0v) is 19.4. The Morgan fingerprint density at radius 1 is 1.00 bits per heavy atom. The van der Waals surface area contributed by atoms with Crippen LogP contribution in [0.3, 0.4) is 0 Å². The number of aryl methyl sites for hydroxylation is 2. The largest absolute Gasteiger partial charge is 0.497 e. The minimum Gasteiger partial charge on any atom is -0.497 e. The standard InChI is InChI=1S/C24H28N2O6S/c1-31-19-7-9-21(23(25)27)22(15-19)32-24(28)17-10-12-26(13-11-17)33(29,30)20-8-6-16-4-2-3-5-18(16)14-20/h6-9,14-15,17H,2-5,10-13H2,1H3,(H2,25,27). The first-order valence-electron chi connectivity index (χ1n) is 11.1. The van der Waals surface area contributed by atoms with Crippen molar-refractivity contribution in [2.75, 3.05) is 20.2 Å². The third-order valence-corrected chi connectivity index (χ3v) is 8.30. The minimum absolute atomic E-state index is 0.0379. The molecule has 1 fully saturated rings. The van der Waals surface area contributed by atoms with Crippen molar-refractivity contribution in [3.05, 3.63) is 53.1 Å². The average Bonchev–Trinajstić information content (AvgIpc) is 2.83. The highest BCUT2D eigenvalue weighted by molar-refractivity contribution is 7.89. The van der Waals surface area contributed by atoms with E-state index in [-0.39, 0.29) is 24.4 Å². The van der Waals surface area contributed by atoms with Crippen LogP contribution in [0.25, 0.3) is 0 Å². The maximum absolute atomic E-state index is 13.2. The van der Waals surface area contributed by atoms with Crippen LogP contribution in [0.5, 0.6) is 11.5 Å². The average molecular weight is 473 g/mol. The van der Waals surface area contributed by atoms with Gasteiger partial charge in [0.1, 0.15) is 11.5 Å². The lowest BCUT2D eigenvalue weighted by Gasteiger charge is -2.30. The summed E-state index contributed by atoms with van der Waals surface area (Å²) in [5, 5.41) is 0. The van der Waals surface area contributed by atoms with Crippen molar-refractivity contribution in [2.45, 2.75) is 43.4 Å². The lowest BCUT2D eigenvalue weighted by atomic mass is 9.92. The van der Waals surface area contributed by atoms with E-state index in [0.717, 1.165) is 31.2 Å². The van der Waals surface area contributed by atoms with Gasteiger partial charge in [0.15, 0.2) is 0 Å². The lowest BCUT2D eigenvalue weighted by molar-refractivity contribution is -0.140. The fourth-order valence-electron chi connectivity index (χ4n) is 4.46. The van der Waals surface area contributed by atoms with Gasteiger partial charge in [-0.25, -0.2) is 8.42 Å². The predicted molar refractivity (Wildman–Crippen MR) is 122 cm³/mol. The van der Waals surface area contributed by atoms with E-state index in [1.807, 2.05) is 6.07 Å². The molecule has 2 aliphatic rings. The van der Waals surface area contributed by atoms with Crippen molar-refractivity contribution in [3.63, 3.8) is 0 Å². The van der Waals surface area contributed by atoms with Crippen LogP contribution in [0.1, 0.15) is 47.2 Å². The molecule has 0 saturated carbocycles. The predicted octanol–water partition coefficient (Wildman–Crippen LogP) is 2.68. The smallest absolute Gasteiger partial charge is 0.314 e. The summed E-state index contributed by atoms with van der Waals surface area (Å²) in [5.41, 5.74) is 7.81. The van der Waals surface area contributed by atoms with Crippen LogP contribution >= 0.6 is 0 Å². The number of hydrogen-bond acceptors (Lipinski definition) is 6. The Morgan fingerprint density at radius 3 is 2.36 bits per heavy atom. The van der Waals surface area contributed by atoms with E-state index in [9.17, 15) is 18.0 Å². The van der Waals surface area contributed by atoms with E-state index in [1.54, 1.807) is 18.2 Å². The van der Waals surface area contributed by atoms with Gasteiger partial charge in [0, 0.05) is 19.2 Å². The molecule has 2 aromatic carbocycles. The summed E-state index contributed by atoms with van der Waals surface area (Å²) in [4.78, 5) is 24.7. The molecule has 1 amide bonds. The molecule has 33 heavy (non-hydrogen) atoms. The summed E-state index contributed by atoms with van der Waals surface area (Å²) in [6.45, 7) is 0.444. The van der Waals surface area contributed by atoms with Crippen molar-refractivity contribution >= 4 is 21.9 Å². The first-order valence-corrected chi connectivity index (χ1v) is 12.5. The third kappa shape index (κ3) is 4.89. The SMILES string of the molecule is COc1ccc(C(N)=O)c(OC(=O)C2CCN(S(=O)(=O)c3ccc4c(c3)CCCC4)CC2)c1. The number of sulfonamides is 1. The monoisotopic (exact) mass is 472 g/mol. The molecule has 0 spiro atoms. The summed E-state index contributed by atoms with van der Waals surface area (Å²) in [5.74, 6) is -1.25. The lowest BCUT2D eigenvalue weighted by Crippen LogP contribution is -2.41. The van der Waals surface area contributed by atoms with Crippen molar-refractivity contribution in [2.24, 2.45) is 11.7 Å². The molecule has 1 saturated heterocycles. The molecule has 1 heterocycles. The molecule has 0 aromatic heterocycles. The molecule has 0 radical (unpaired) electrons. The van der Waals surface area contributed by atoms with Crippen LogP contribution in [0.4, 0.5) is 0 Å². The zero-order valence-electron chi connectivity index (χ0n) is 18.6. The number of nitrogens with zero attached hydrogens (tertiary/aromatic N) is 1. The van der Waals surface area contributed by atoms with E-state index in [1.165, 1.54) is 29.1 Å². The summed E-state index contributed by atoms with van der Waals surface area (Å²) < 4.78 is 38.4. The number of carbonyl (C=O) groups is 2. The van der Waals surface area contributed by atoms with Gasteiger partial charge in [-0.05, 0) is 73.9 Å². The number of nitrogens with two attached hydrogens (primary N) is 1. The van der Waals surface area contributed by atoms with Crippen LogP contribution in [0, 0.1) is 5.92 Å². The molecule has 176 valence electrons. The second-order valence-electron chi connectivity index (χ2n) is 8.46. The Bertz CT molecular complexity index is 1170. The normalized spacial score (nSPS) is 17.2. The number of amides is 1. The van der Waals surface area contributed by atoms with Crippen LogP contribution < -0.4 is 15.2 Å². The van der Waals surface area contributed by atoms with Crippen LogP contribution in [-0.2, 0) is 27.7 Å². The summed E-state index contributed by atoms with van der Waals surface area (Å²) in [6.07, 6.45) is 4.78. The molecule has 8 nitrogen and oxygen atoms in total. The molecule has 2 N–H and O–H groups in total. The first-order chi connectivity index (χ1) is 15.8. The molecule has 4 rings (SSSR count). The third-order valence-electron chi connectivity index (χ3n) is 6.41. The molecule has 0 unspecified atom stereocenters. The van der Waals surface area contributed by atoms with Gasteiger partial charge < -0.3 is 15.2 Å². The van der Waals surface area contributed by atoms with Gasteiger partial charge in [-0.2, -0.15) is 4.31 Å². The van der Waals surface area contributed by atoms with Gasteiger partial charge in [0.05, 0.1) is 23.5 Å². The van der Waals surface area contributed by atoms with Crippen LogP contribution in [-0.4, -0.2) is 44.8 Å². The Kier molecular flexibility index (Phi) is 6.71. The highest BCUT2D eigenvalue weighted by Crippen LogP contribution is 2.30. The topological polar surface area (TPSA) is 116 Å². The molecule has 9 heteroatoms. The zero-order chi connectivity index (χ0) is 23.6. The Labute approximate surface area is 193 Å².